The number of aromatic nitrogens is 1. The first-order valence-corrected chi connectivity index (χ1v) is 7.15. The van der Waals surface area contributed by atoms with Crippen LogP contribution < -0.4 is 5.73 Å². The highest BCUT2D eigenvalue weighted by Gasteiger charge is 2.25. The molecule has 120 valence electrons. The van der Waals surface area contributed by atoms with Crippen molar-refractivity contribution in [1.82, 2.24) is 4.57 Å². The van der Waals surface area contributed by atoms with Gasteiger partial charge in [0.1, 0.15) is 11.8 Å². The van der Waals surface area contributed by atoms with Gasteiger partial charge in [-0.1, -0.05) is 26.0 Å². The smallest absolute Gasteiger partial charge is 0.357 e. The molecular weight excluding hydrogens is 294 g/mol. The van der Waals surface area contributed by atoms with Crippen molar-refractivity contribution in [2.45, 2.75) is 26.7 Å². The number of hydrogen-bond donors (Lipinski definition) is 2. The highest BCUT2D eigenvalue weighted by atomic mass is 16.5. The van der Waals surface area contributed by atoms with Crippen LogP contribution in [0.15, 0.2) is 18.3 Å². The number of nitrogen functional groups attached to an aromatic ring is 1. The maximum absolute atomic E-state index is 12.1. The van der Waals surface area contributed by atoms with E-state index in [-0.39, 0.29) is 28.6 Å². The molecular formula is C17H19N3O3. The molecule has 1 aromatic carbocycles. The molecule has 1 heterocycles. The third-order valence-corrected chi connectivity index (χ3v) is 3.79. The summed E-state index contributed by atoms with van der Waals surface area (Å²) in [5.41, 5.74) is 8.03. The number of benzene rings is 1. The molecule has 6 heteroatoms. The number of aromatic hydroxyl groups is 1. The molecule has 2 aromatic rings. The normalized spacial score (nSPS) is 10.6. The second-order valence-corrected chi connectivity index (χ2v) is 5.60. The first-order valence-electron chi connectivity index (χ1n) is 7.15. The van der Waals surface area contributed by atoms with Gasteiger partial charge in [0.2, 0.25) is 0 Å². The summed E-state index contributed by atoms with van der Waals surface area (Å²) in [6.45, 7) is 5.72. The molecule has 6 nitrogen and oxygen atoms in total. The van der Waals surface area contributed by atoms with E-state index in [1.54, 1.807) is 0 Å². The number of rotatable bonds is 3. The van der Waals surface area contributed by atoms with E-state index in [1.807, 2.05) is 39.0 Å². The van der Waals surface area contributed by atoms with Crippen LogP contribution in [0.2, 0.25) is 0 Å². The van der Waals surface area contributed by atoms with E-state index in [4.69, 9.17) is 10.5 Å². The van der Waals surface area contributed by atoms with Gasteiger partial charge in [0.15, 0.2) is 5.69 Å². The summed E-state index contributed by atoms with van der Waals surface area (Å²) < 4.78 is 6.19. The molecule has 0 bridgehead atoms. The minimum Gasteiger partial charge on any atom is -0.505 e. The lowest BCUT2D eigenvalue weighted by molar-refractivity contribution is 0.0593. The lowest BCUT2D eigenvalue weighted by Crippen LogP contribution is -2.12. The number of hydrogen-bond acceptors (Lipinski definition) is 5. The molecule has 0 aliphatic carbocycles. The van der Waals surface area contributed by atoms with Crippen LogP contribution in [0.3, 0.4) is 0 Å². The van der Waals surface area contributed by atoms with E-state index >= 15 is 0 Å². The minimum atomic E-state index is -0.669. The van der Waals surface area contributed by atoms with E-state index in [1.165, 1.54) is 17.9 Å². The zero-order valence-electron chi connectivity index (χ0n) is 13.5. The second kappa shape index (κ2) is 6.05. The van der Waals surface area contributed by atoms with Crippen LogP contribution in [0.1, 0.15) is 46.9 Å². The average molecular weight is 313 g/mol. The zero-order valence-corrected chi connectivity index (χ0v) is 13.5. The molecule has 23 heavy (non-hydrogen) atoms. The van der Waals surface area contributed by atoms with Gasteiger partial charge >= 0.3 is 5.97 Å². The van der Waals surface area contributed by atoms with Crippen molar-refractivity contribution < 1.29 is 14.6 Å². The van der Waals surface area contributed by atoms with Crippen molar-refractivity contribution in [2.75, 3.05) is 12.8 Å². The number of phenols is 1. The maximum Gasteiger partial charge on any atom is 0.357 e. The van der Waals surface area contributed by atoms with Crippen molar-refractivity contribution in [3.8, 4) is 17.5 Å². The molecule has 0 spiro atoms. The van der Waals surface area contributed by atoms with Crippen molar-refractivity contribution in [2.24, 2.45) is 0 Å². The molecule has 0 aliphatic rings. The first-order chi connectivity index (χ1) is 10.8. The lowest BCUT2D eigenvalue weighted by Gasteiger charge is -2.17. The number of aryl methyl sites for hydroxylation is 1. The number of nitrogens with two attached hydrogens (primary N) is 1. The highest BCUT2D eigenvalue weighted by Crippen LogP contribution is 2.36. The molecule has 0 saturated carbocycles. The Kier molecular flexibility index (Phi) is 4.32. The Morgan fingerprint density at radius 2 is 2.09 bits per heavy atom. The Morgan fingerprint density at radius 3 is 2.61 bits per heavy atom. The summed E-state index contributed by atoms with van der Waals surface area (Å²) >= 11 is 0. The number of methoxy groups -OCH3 is 1. The van der Waals surface area contributed by atoms with Crippen LogP contribution in [0.5, 0.6) is 5.75 Å². The van der Waals surface area contributed by atoms with Crippen LogP contribution in [-0.4, -0.2) is 22.8 Å². The Hall–Kier alpha value is -2.94. The third-order valence-electron chi connectivity index (χ3n) is 3.79. The molecule has 3 N–H and O–H groups in total. The lowest BCUT2D eigenvalue weighted by atomic mass is 9.99. The Balaban J connectivity index is 2.85. The fraction of sp³-hybridized carbons (Fsp3) is 0.294. The predicted octanol–water partition coefficient (Wildman–Crippen LogP) is 2.86. The first kappa shape index (κ1) is 16.4. The molecule has 0 aliphatic heterocycles. The van der Waals surface area contributed by atoms with Crippen molar-refractivity contribution in [3.05, 3.63) is 40.7 Å². The van der Waals surface area contributed by atoms with E-state index in [9.17, 15) is 15.2 Å². The monoisotopic (exact) mass is 313 g/mol. The number of anilines is 1. The van der Waals surface area contributed by atoms with Crippen molar-refractivity contribution >= 4 is 11.7 Å². The van der Waals surface area contributed by atoms with E-state index in [0.717, 1.165) is 11.1 Å². The molecule has 0 saturated heterocycles. The van der Waals surface area contributed by atoms with Gasteiger partial charge in [-0.25, -0.2) is 4.79 Å². The second-order valence-electron chi connectivity index (χ2n) is 5.60. The Labute approximate surface area is 134 Å². The molecule has 0 radical (unpaired) electrons. The van der Waals surface area contributed by atoms with Gasteiger partial charge in [-0.2, -0.15) is 5.26 Å². The number of carbonyl (C=O) groups is 1. The number of phenolic OH excluding ortho intramolecular Hbond substituents is 1. The summed E-state index contributed by atoms with van der Waals surface area (Å²) in [5.74, 6) is -0.512. The zero-order chi connectivity index (χ0) is 17.3. The Morgan fingerprint density at radius 1 is 1.43 bits per heavy atom. The largest absolute Gasteiger partial charge is 0.505 e. The minimum absolute atomic E-state index is 0.0309. The van der Waals surface area contributed by atoms with Gasteiger partial charge < -0.3 is 20.1 Å². The van der Waals surface area contributed by atoms with E-state index in [2.05, 4.69) is 0 Å². The fourth-order valence-electron chi connectivity index (χ4n) is 2.56. The predicted molar refractivity (Wildman–Crippen MR) is 86.7 cm³/mol. The Bertz CT molecular complexity index is 813. The van der Waals surface area contributed by atoms with Gasteiger partial charge in [0, 0.05) is 6.20 Å². The molecule has 2 rings (SSSR count). The quantitative estimate of drug-likeness (QED) is 0.848. The van der Waals surface area contributed by atoms with Crippen molar-refractivity contribution in [1.29, 1.82) is 5.26 Å². The topological polar surface area (TPSA) is 101 Å². The van der Waals surface area contributed by atoms with Gasteiger partial charge in [-0.15, -0.1) is 0 Å². The summed E-state index contributed by atoms with van der Waals surface area (Å²) in [5, 5.41) is 19.8. The van der Waals surface area contributed by atoms with Crippen LogP contribution in [0.25, 0.3) is 5.69 Å². The maximum atomic E-state index is 12.1. The number of carbonyl (C=O) groups excluding carboxylic acids is 1. The van der Waals surface area contributed by atoms with Crippen LogP contribution in [-0.2, 0) is 4.74 Å². The van der Waals surface area contributed by atoms with Gasteiger partial charge in [0.05, 0.1) is 24.0 Å². The van der Waals surface area contributed by atoms with E-state index < -0.39 is 5.97 Å². The SMILES string of the molecule is COC(=O)c1c(N)c(C#N)cn1-c1c(C)ccc(C(C)C)c1O. The molecule has 1 aromatic heterocycles. The van der Waals surface area contributed by atoms with Crippen LogP contribution >= 0.6 is 0 Å². The van der Waals surface area contributed by atoms with Crippen LogP contribution in [0.4, 0.5) is 5.69 Å². The fourth-order valence-corrected chi connectivity index (χ4v) is 2.56. The summed E-state index contributed by atoms with van der Waals surface area (Å²) in [6, 6.07) is 5.64. The van der Waals surface area contributed by atoms with Gasteiger partial charge in [0.25, 0.3) is 0 Å². The third kappa shape index (κ3) is 2.61. The number of ether oxygens (including phenoxy) is 1. The van der Waals surface area contributed by atoms with E-state index in [0.29, 0.717) is 5.69 Å². The average Bonchev–Trinajstić information content (AvgIpc) is 2.82. The number of nitrogens with zero attached hydrogens (tertiary/aromatic N) is 2. The standard InChI is InChI=1S/C17H19N3O3/c1-9(2)12-6-5-10(3)14(16(12)21)20-8-11(7-18)13(19)15(20)17(22)23-4/h5-6,8-9,21H,19H2,1-4H3. The van der Waals surface area contributed by atoms with Crippen LogP contribution in [0, 0.1) is 18.3 Å². The van der Waals surface area contributed by atoms with Crippen molar-refractivity contribution in [3.63, 3.8) is 0 Å². The molecule has 0 unspecified atom stereocenters. The van der Waals surface area contributed by atoms with Gasteiger partial charge in [-0.3, -0.25) is 0 Å². The number of esters is 1. The highest BCUT2D eigenvalue weighted by molar-refractivity contribution is 5.96. The molecule has 0 fully saturated rings. The summed E-state index contributed by atoms with van der Waals surface area (Å²) in [7, 11) is 1.24. The summed E-state index contributed by atoms with van der Waals surface area (Å²) in [4.78, 5) is 12.1. The molecule has 0 amide bonds. The molecule has 0 atom stereocenters. The summed E-state index contributed by atoms with van der Waals surface area (Å²) in [6.07, 6.45) is 1.44. The van der Waals surface area contributed by atoms with Gasteiger partial charge in [-0.05, 0) is 24.0 Å². The number of nitriles is 1.